The molecular weight excluding hydrogens is 176 g/mol. The third-order valence-electron chi connectivity index (χ3n) is 1.42. The van der Waals surface area contributed by atoms with Crippen LogP contribution in [0.25, 0.3) is 0 Å². The first kappa shape index (κ1) is 9.16. The number of phenols is 1. The molecule has 0 saturated heterocycles. The van der Waals surface area contributed by atoms with Gasteiger partial charge in [-0.15, -0.1) is 0 Å². The Hall–Kier alpha value is -0.930. The molecule has 0 heterocycles. The van der Waals surface area contributed by atoms with Crippen molar-refractivity contribution in [3.8, 4) is 5.75 Å². The van der Waals surface area contributed by atoms with Crippen LogP contribution in [-0.2, 0) is 0 Å². The number of hydrogen-bond donors (Lipinski definition) is 3. The van der Waals surface area contributed by atoms with Crippen LogP contribution >= 0.6 is 11.6 Å². The van der Waals surface area contributed by atoms with E-state index in [1.54, 1.807) is 18.2 Å². The standard InChI is InChI=1S/C8H11ClN2O/c9-7-2-1-6(5-8(7)12)11-4-3-10/h1-2,5,11-12H,3-4,10H2. The topological polar surface area (TPSA) is 58.3 Å². The van der Waals surface area contributed by atoms with Crippen LogP contribution < -0.4 is 11.1 Å². The van der Waals surface area contributed by atoms with E-state index in [4.69, 9.17) is 17.3 Å². The van der Waals surface area contributed by atoms with Crippen molar-refractivity contribution in [2.45, 2.75) is 0 Å². The predicted molar refractivity (Wildman–Crippen MR) is 50.7 cm³/mol. The highest BCUT2D eigenvalue weighted by molar-refractivity contribution is 6.32. The number of rotatable bonds is 3. The molecular formula is C8H11ClN2O. The molecule has 0 fully saturated rings. The summed E-state index contributed by atoms with van der Waals surface area (Å²) in [6, 6.07) is 4.99. The maximum atomic E-state index is 9.20. The van der Waals surface area contributed by atoms with Crippen molar-refractivity contribution in [3.05, 3.63) is 23.2 Å². The zero-order valence-electron chi connectivity index (χ0n) is 6.55. The molecule has 0 amide bonds. The van der Waals surface area contributed by atoms with Gasteiger partial charge in [0.05, 0.1) is 5.02 Å². The summed E-state index contributed by atoms with van der Waals surface area (Å²) in [5.74, 6) is 0.0821. The number of nitrogens with one attached hydrogen (secondary N) is 1. The predicted octanol–water partition coefficient (Wildman–Crippen LogP) is 1.42. The number of hydrogen-bond acceptors (Lipinski definition) is 3. The molecule has 12 heavy (non-hydrogen) atoms. The lowest BCUT2D eigenvalue weighted by molar-refractivity contribution is 0.476. The quantitative estimate of drug-likeness (QED) is 0.669. The summed E-state index contributed by atoms with van der Waals surface area (Å²) in [6.45, 7) is 1.24. The average Bonchev–Trinajstić information content (AvgIpc) is 2.07. The van der Waals surface area contributed by atoms with E-state index < -0.39 is 0 Å². The van der Waals surface area contributed by atoms with Crippen molar-refractivity contribution in [2.24, 2.45) is 5.73 Å². The van der Waals surface area contributed by atoms with Crippen molar-refractivity contribution in [2.75, 3.05) is 18.4 Å². The Balaban J connectivity index is 2.69. The molecule has 1 rings (SSSR count). The molecule has 66 valence electrons. The van der Waals surface area contributed by atoms with Gasteiger partial charge in [-0.3, -0.25) is 0 Å². The van der Waals surface area contributed by atoms with Gasteiger partial charge in [-0.1, -0.05) is 11.6 Å². The first-order chi connectivity index (χ1) is 5.74. The van der Waals surface area contributed by atoms with Gasteiger partial charge in [0.1, 0.15) is 5.75 Å². The highest BCUT2D eigenvalue weighted by atomic mass is 35.5. The SMILES string of the molecule is NCCNc1ccc(Cl)c(O)c1. The molecule has 0 aliphatic carbocycles. The highest BCUT2D eigenvalue weighted by Crippen LogP contribution is 2.25. The minimum absolute atomic E-state index is 0.0821. The van der Waals surface area contributed by atoms with Crippen molar-refractivity contribution in [1.29, 1.82) is 0 Å². The van der Waals surface area contributed by atoms with Gasteiger partial charge in [-0.2, -0.15) is 0 Å². The second kappa shape index (κ2) is 4.18. The molecule has 0 radical (unpaired) electrons. The minimum atomic E-state index is 0.0821. The molecule has 3 nitrogen and oxygen atoms in total. The summed E-state index contributed by atoms with van der Waals surface area (Å²) in [5, 5.41) is 12.6. The molecule has 0 atom stereocenters. The Morgan fingerprint density at radius 1 is 1.50 bits per heavy atom. The lowest BCUT2D eigenvalue weighted by Crippen LogP contribution is -2.12. The van der Waals surface area contributed by atoms with Crippen LogP contribution in [0.2, 0.25) is 5.02 Å². The van der Waals surface area contributed by atoms with Crippen molar-refractivity contribution in [3.63, 3.8) is 0 Å². The number of phenolic OH excluding ortho intramolecular Hbond substituents is 1. The summed E-state index contributed by atoms with van der Waals surface area (Å²) in [5.41, 5.74) is 6.11. The van der Waals surface area contributed by atoms with E-state index in [0.717, 1.165) is 5.69 Å². The van der Waals surface area contributed by atoms with E-state index in [2.05, 4.69) is 5.32 Å². The average molecular weight is 187 g/mol. The van der Waals surface area contributed by atoms with Crippen LogP contribution in [0.15, 0.2) is 18.2 Å². The molecule has 0 saturated carbocycles. The van der Waals surface area contributed by atoms with Crippen LogP contribution in [0.1, 0.15) is 0 Å². The Labute approximate surface area is 76.1 Å². The van der Waals surface area contributed by atoms with Gasteiger partial charge >= 0.3 is 0 Å². The van der Waals surface area contributed by atoms with Gasteiger partial charge in [-0.25, -0.2) is 0 Å². The smallest absolute Gasteiger partial charge is 0.136 e. The molecule has 0 aromatic heterocycles. The van der Waals surface area contributed by atoms with Crippen molar-refractivity contribution >= 4 is 17.3 Å². The lowest BCUT2D eigenvalue weighted by Gasteiger charge is -2.05. The third-order valence-corrected chi connectivity index (χ3v) is 1.74. The van der Waals surface area contributed by atoms with Gasteiger partial charge in [0.15, 0.2) is 0 Å². The molecule has 1 aromatic rings. The van der Waals surface area contributed by atoms with Gasteiger partial charge in [0.25, 0.3) is 0 Å². The number of aromatic hydroxyl groups is 1. The Bertz CT molecular complexity index is 265. The van der Waals surface area contributed by atoms with Gasteiger partial charge in [0.2, 0.25) is 0 Å². The van der Waals surface area contributed by atoms with Crippen LogP contribution in [0.3, 0.4) is 0 Å². The van der Waals surface area contributed by atoms with Crippen LogP contribution in [0.4, 0.5) is 5.69 Å². The fourth-order valence-electron chi connectivity index (χ4n) is 0.839. The van der Waals surface area contributed by atoms with E-state index in [0.29, 0.717) is 18.1 Å². The normalized spacial score (nSPS) is 9.83. The molecule has 0 aliphatic rings. The van der Waals surface area contributed by atoms with Crippen molar-refractivity contribution in [1.82, 2.24) is 0 Å². The van der Waals surface area contributed by atoms with Crippen LogP contribution in [0, 0.1) is 0 Å². The van der Waals surface area contributed by atoms with Gasteiger partial charge in [-0.05, 0) is 12.1 Å². The first-order valence-electron chi connectivity index (χ1n) is 3.66. The second-order valence-electron chi connectivity index (χ2n) is 2.38. The monoisotopic (exact) mass is 186 g/mol. The van der Waals surface area contributed by atoms with E-state index in [1.165, 1.54) is 0 Å². The second-order valence-corrected chi connectivity index (χ2v) is 2.79. The molecule has 4 heteroatoms. The summed E-state index contributed by atoms with van der Waals surface area (Å²) in [4.78, 5) is 0. The summed E-state index contributed by atoms with van der Waals surface area (Å²) in [7, 11) is 0. The number of halogens is 1. The zero-order chi connectivity index (χ0) is 8.97. The van der Waals surface area contributed by atoms with Gasteiger partial charge in [0, 0.05) is 24.8 Å². The molecule has 4 N–H and O–H groups in total. The van der Waals surface area contributed by atoms with E-state index in [1.807, 2.05) is 0 Å². The lowest BCUT2D eigenvalue weighted by atomic mass is 10.3. The van der Waals surface area contributed by atoms with Crippen LogP contribution in [0.5, 0.6) is 5.75 Å². The molecule has 0 spiro atoms. The van der Waals surface area contributed by atoms with E-state index in [-0.39, 0.29) is 5.75 Å². The van der Waals surface area contributed by atoms with E-state index in [9.17, 15) is 5.11 Å². The summed E-state index contributed by atoms with van der Waals surface area (Å²) in [6.07, 6.45) is 0. The fraction of sp³-hybridized carbons (Fsp3) is 0.250. The first-order valence-corrected chi connectivity index (χ1v) is 4.04. The molecule has 0 bridgehead atoms. The summed E-state index contributed by atoms with van der Waals surface area (Å²) < 4.78 is 0. The number of benzene rings is 1. The Kier molecular flexibility index (Phi) is 3.19. The molecule has 1 aromatic carbocycles. The molecule has 0 unspecified atom stereocenters. The van der Waals surface area contributed by atoms with Crippen LogP contribution in [-0.4, -0.2) is 18.2 Å². The maximum absolute atomic E-state index is 9.20. The van der Waals surface area contributed by atoms with Gasteiger partial charge < -0.3 is 16.2 Å². The molecule has 0 aliphatic heterocycles. The maximum Gasteiger partial charge on any atom is 0.136 e. The van der Waals surface area contributed by atoms with E-state index >= 15 is 0 Å². The number of nitrogens with two attached hydrogens (primary N) is 1. The Morgan fingerprint density at radius 2 is 2.25 bits per heavy atom. The largest absolute Gasteiger partial charge is 0.506 e. The highest BCUT2D eigenvalue weighted by Gasteiger charge is 1.97. The number of anilines is 1. The Morgan fingerprint density at radius 3 is 2.83 bits per heavy atom. The third kappa shape index (κ3) is 2.29. The zero-order valence-corrected chi connectivity index (χ0v) is 7.30. The minimum Gasteiger partial charge on any atom is -0.506 e. The fourth-order valence-corrected chi connectivity index (χ4v) is 0.957. The summed E-state index contributed by atoms with van der Waals surface area (Å²) >= 11 is 5.61. The van der Waals surface area contributed by atoms with Crippen molar-refractivity contribution < 1.29 is 5.11 Å².